The second-order valence-corrected chi connectivity index (χ2v) is 7.71. The number of hydrogen-bond donors (Lipinski definition) is 1. The molecule has 0 aliphatic carbocycles. The average molecular weight is 333 g/mol. The molecule has 1 aromatic rings. The van der Waals surface area contributed by atoms with Gasteiger partial charge in [0.1, 0.15) is 0 Å². The number of rotatable bonds is 3. The van der Waals surface area contributed by atoms with Gasteiger partial charge in [0.05, 0.1) is 4.90 Å². The van der Waals surface area contributed by atoms with E-state index >= 15 is 0 Å². The van der Waals surface area contributed by atoms with E-state index in [4.69, 9.17) is 0 Å². The van der Waals surface area contributed by atoms with Gasteiger partial charge in [0.25, 0.3) is 0 Å². The van der Waals surface area contributed by atoms with Crippen LogP contribution in [0.2, 0.25) is 0 Å². The molecule has 0 aromatic heterocycles. The van der Waals surface area contributed by atoms with Gasteiger partial charge in [0.15, 0.2) is 0 Å². The van der Waals surface area contributed by atoms with Crippen LogP contribution in [0, 0.1) is 0 Å². The van der Waals surface area contributed by atoms with Crippen LogP contribution in [0.3, 0.4) is 0 Å². The van der Waals surface area contributed by atoms with E-state index in [9.17, 15) is 8.42 Å². The van der Waals surface area contributed by atoms with E-state index in [0.29, 0.717) is 23.9 Å². The van der Waals surface area contributed by atoms with Gasteiger partial charge in [0, 0.05) is 25.2 Å². The summed E-state index contributed by atoms with van der Waals surface area (Å²) >= 11 is 0. The van der Waals surface area contributed by atoms with E-state index < -0.39 is 10.0 Å². The maximum Gasteiger partial charge on any atom is 0.243 e. The van der Waals surface area contributed by atoms with Crippen molar-refractivity contribution < 1.29 is 8.42 Å². The van der Waals surface area contributed by atoms with Crippen molar-refractivity contribution in [2.24, 2.45) is 0 Å². The van der Waals surface area contributed by atoms with Crippen molar-refractivity contribution in [1.82, 2.24) is 9.62 Å². The number of sulfonamides is 1. The van der Waals surface area contributed by atoms with E-state index in [0.717, 1.165) is 5.56 Å². The van der Waals surface area contributed by atoms with Crippen LogP contribution in [0.4, 0.5) is 0 Å². The molecule has 0 saturated carbocycles. The van der Waals surface area contributed by atoms with Crippen molar-refractivity contribution in [3.8, 4) is 0 Å². The molecule has 6 heteroatoms. The van der Waals surface area contributed by atoms with Crippen molar-refractivity contribution >= 4 is 22.4 Å². The lowest BCUT2D eigenvalue weighted by atomic mass is 10.0. The van der Waals surface area contributed by atoms with E-state index in [1.807, 2.05) is 26.0 Å². The highest BCUT2D eigenvalue weighted by Crippen LogP contribution is 2.23. The minimum atomic E-state index is -3.39. The van der Waals surface area contributed by atoms with Gasteiger partial charge in [-0.1, -0.05) is 26.0 Å². The van der Waals surface area contributed by atoms with Crippen LogP contribution in [-0.4, -0.2) is 37.9 Å². The van der Waals surface area contributed by atoms with Crippen LogP contribution >= 0.6 is 12.4 Å². The van der Waals surface area contributed by atoms with Gasteiger partial charge in [-0.3, -0.25) is 0 Å². The van der Waals surface area contributed by atoms with Crippen LogP contribution < -0.4 is 5.32 Å². The first kappa shape index (κ1) is 18.4. The van der Waals surface area contributed by atoms with Gasteiger partial charge in [-0.15, -0.1) is 12.4 Å². The molecule has 1 aliphatic heterocycles. The van der Waals surface area contributed by atoms with Gasteiger partial charge < -0.3 is 5.32 Å². The summed E-state index contributed by atoms with van der Waals surface area (Å²) in [4.78, 5) is 0.392. The topological polar surface area (TPSA) is 49.4 Å². The second-order valence-electron chi connectivity index (χ2n) is 5.82. The number of hydrogen-bond acceptors (Lipinski definition) is 3. The monoisotopic (exact) mass is 332 g/mol. The fraction of sp³-hybridized carbons (Fsp3) is 0.600. The standard InChI is InChI=1S/C15H24N2O2S.ClH/c1-11(2)14-5-7-15(8-6-14)20(18,19)17-10-9-16-12(3)13(17)4;/h5-8,11-13,16H,9-10H2,1-4H3;1H. The third-order valence-corrected chi connectivity index (χ3v) is 6.13. The molecular weight excluding hydrogens is 308 g/mol. The molecule has 0 amide bonds. The number of nitrogens with one attached hydrogen (secondary N) is 1. The molecule has 120 valence electrons. The Morgan fingerprint density at radius 1 is 1.19 bits per heavy atom. The Labute approximate surface area is 134 Å². The minimum Gasteiger partial charge on any atom is -0.311 e. The molecule has 2 unspecified atom stereocenters. The van der Waals surface area contributed by atoms with Crippen molar-refractivity contribution in [3.05, 3.63) is 29.8 Å². The lowest BCUT2D eigenvalue weighted by molar-refractivity contribution is 0.233. The molecule has 0 spiro atoms. The largest absolute Gasteiger partial charge is 0.311 e. The molecule has 1 saturated heterocycles. The summed E-state index contributed by atoms with van der Waals surface area (Å²) in [6.45, 7) is 9.41. The molecule has 2 atom stereocenters. The minimum absolute atomic E-state index is 0. The Morgan fingerprint density at radius 3 is 2.29 bits per heavy atom. The highest BCUT2D eigenvalue weighted by atomic mass is 35.5. The van der Waals surface area contributed by atoms with Gasteiger partial charge in [-0.05, 0) is 37.5 Å². The highest BCUT2D eigenvalue weighted by molar-refractivity contribution is 7.89. The summed E-state index contributed by atoms with van der Waals surface area (Å²) in [6, 6.07) is 7.42. The van der Waals surface area contributed by atoms with Gasteiger partial charge in [-0.25, -0.2) is 8.42 Å². The Hall–Kier alpha value is -0.620. The Balaban J connectivity index is 0.00000220. The lowest BCUT2D eigenvalue weighted by Gasteiger charge is -2.37. The summed E-state index contributed by atoms with van der Waals surface area (Å²) in [5, 5.41) is 3.30. The van der Waals surface area contributed by atoms with Gasteiger partial charge >= 0.3 is 0 Å². The predicted molar refractivity (Wildman–Crippen MR) is 88.6 cm³/mol. The maximum absolute atomic E-state index is 12.7. The SMILES string of the molecule is CC(C)c1ccc(S(=O)(=O)N2CCNC(C)C2C)cc1.Cl. The fourth-order valence-corrected chi connectivity index (χ4v) is 4.23. The molecule has 0 radical (unpaired) electrons. The lowest BCUT2D eigenvalue weighted by Crippen LogP contribution is -2.57. The van der Waals surface area contributed by atoms with Crippen molar-refractivity contribution in [2.75, 3.05) is 13.1 Å². The summed E-state index contributed by atoms with van der Waals surface area (Å²) in [6.07, 6.45) is 0. The molecule has 1 N–H and O–H groups in total. The fourth-order valence-electron chi connectivity index (χ4n) is 2.53. The first-order valence-electron chi connectivity index (χ1n) is 7.19. The first-order valence-corrected chi connectivity index (χ1v) is 8.63. The average Bonchev–Trinajstić information content (AvgIpc) is 2.41. The molecule has 4 nitrogen and oxygen atoms in total. The van der Waals surface area contributed by atoms with E-state index in [1.54, 1.807) is 16.4 Å². The van der Waals surface area contributed by atoms with Crippen LogP contribution in [-0.2, 0) is 10.0 Å². The van der Waals surface area contributed by atoms with E-state index in [-0.39, 0.29) is 24.5 Å². The van der Waals surface area contributed by atoms with E-state index in [2.05, 4.69) is 19.2 Å². The van der Waals surface area contributed by atoms with E-state index in [1.165, 1.54) is 0 Å². The van der Waals surface area contributed by atoms with Gasteiger partial charge in [0.2, 0.25) is 10.0 Å². The zero-order chi connectivity index (χ0) is 14.9. The Bertz CT molecular complexity index is 558. The van der Waals surface area contributed by atoms with Gasteiger partial charge in [-0.2, -0.15) is 4.31 Å². The summed E-state index contributed by atoms with van der Waals surface area (Å²) in [5.41, 5.74) is 1.16. The van der Waals surface area contributed by atoms with Crippen LogP contribution in [0.25, 0.3) is 0 Å². The van der Waals surface area contributed by atoms with Crippen LogP contribution in [0.1, 0.15) is 39.2 Å². The molecule has 1 aromatic carbocycles. The van der Waals surface area contributed by atoms with Crippen LogP contribution in [0.5, 0.6) is 0 Å². The summed E-state index contributed by atoms with van der Waals surface area (Å²) < 4.78 is 27.1. The first-order chi connectivity index (χ1) is 9.34. The van der Waals surface area contributed by atoms with Crippen molar-refractivity contribution in [3.63, 3.8) is 0 Å². The number of benzene rings is 1. The molecular formula is C15H25ClN2O2S. The highest BCUT2D eigenvalue weighted by Gasteiger charge is 2.34. The molecule has 1 aliphatic rings. The third kappa shape index (κ3) is 3.77. The Morgan fingerprint density at radius 2 is 1.76 bits per heavy atom. The number of halogens is 1. The maximum atomic E-state index is 12.7. The molecule has 21 heavy (non-hydrogen) atoms. The zero-order valence-electron chi connectivity index (χ0n) is 13.0. The normalized spacial score (nSPS) is 23.9. The molecule has 2 rings (SSSR count). The number of piperazine rings is 1. The zero-order valence-corrected chi connectivity index (χ0v) is 14.7. The molecule has 1 fully saturated rings. The second kappa shape index (κ2) is 7.09. The summed E-state index contributed by atoms with van der Waals surface area (Å²) in [5.74, 6) is 0.407. The van der Waals surface area contributed by atoms with Crippen molar-refractivity contribution in [2.45, 2.75) is 50.6 Å². The quantitative estimate of drug-likeness (QED) is 0.925. The smallest absolute Gasteiger partial charge is 0.243 e. The Kier molecular flexibility index (Phi) is 6.23. The molecule has 1 heterocycles. The van der Waals surface area contributed by atoms with Crippen molar-refractivity contribution in [1.29, 1.82) is 0 Å². The summed E-state index contributed by atoms with van der Waals surface area (Å²) in [7, 11) is -3.39. The molecule has 0 bridgehead atoms. The van der Waals surface area contributed by atoms with Crippen LogP contribution in [0.15, 0.2) is 29.2 Å². The number of nitrogens with zero attached hydrogens (tertiary/aromatic N) is 1. The third-order valence-electron chi connectivity index (χ3n) is 4.13. The predicted octanol–water partition coefficient (Wildman–Crippen LogP) is 2.60.